The van der Waals surface area contributed by atoms with Gasteiger partial charge in [0.1, 0.15) is 5.69 Å². The fourth-order valence-electron chi connectivity index (χ4n) is 2.26. The summed E-state index contributed by atoms with van der Waals surface area (Å²) in [7, 11) is 0. The number of nitrogens with zero attached hydrogens (tertiary/aromatic N) is 2. The number of alkyl halides is 2. The summed E-state index contributed by atoms with van der Waals surface area (Å²) in [6.45, 7) is 4.21. The van der Waals surface area contributed by atoms with Gasteiger partial charge in [-0.05, 0) is 30.9 Å². The summed E-state index contributed by atoms with van der Waals surface area (Å²) < 4.78 is 27.0. The molecular weight excluding hydrogens is 222 g/mol. The van der Waals surface area contributed by atoms with E-state index >= 15 is 0 Å². The molecule has 0 fully saturated rings. The third kappa shape index (κ3) is 2.04. The van der Waals surface area contributed by atoms with Crippen LogP contribution >= 0.6 is 0 Å². The third-order valence-corrected chi connectivity index (χ3v) is 3.25. The molecule has 0 unspecified atom stereocenters. The van der Waals surface area contributed by atoms with Gasteiger partial charge in [-0.1, -0.05) is 19.9 Å². The van der Waals surface area contributed by atoms with Crippen molar-refractivity contribution in [2.24, 2.45) is 0 Å². The summed E-state index contributed by atoms with van der Waals surface area (Å²) in [6.07, 6.45) is 1.22. The first-order valence-electron chi connectivity index (χ1n) is 5.93. The summed E-state index contributed by atoms with van der Waals surface area (Å²) in [6, 6.07) is 4.94. The van der Waals surface area contributed by atoms with Crippen molar-refractivity contribution >= 4 is 5.52 Å². The van der Waals surface area contributed by atoms with Gasteiger partial charge in [-0.2, -0.15) is 5.10 Å². The van der Waals surface area contributed by atoms with Crippen molar-refractivity contribution in [3.8, 4) is 0 Å². The third-order valence-electron chi connectivity index (χ3n) is 3.25. The van der Waals surface area contributed by atoms with Crippen LogP contribution in [0, 0.1) is 0 Å². The summed E-state index contributed by atoms with van der Waals surface area (Å²) in [5, 5.41) is 4.09. The van der Waals surface area contributed by atoms with Crippen LogP contribution in [0.15, 0.2) is 24.4 Å². The number of hydrogen-bond donors (Lipinski definition) is 0. The van der Waals surface area contributed by atoms with E-state index in [1.807, 2.05) is 6.07 Å². The molecule has 0 saturated heterocycles. The molecule has 92 valence electrons. The molecule has 0 aliphatic rings. The van der Waals surface area contributed by atoms with Crippen molar-refractivity contribution < 1.29 is 8.78 Å². The molecule has 0 bridgehead atoms. The fourth-order valence-corrected chi connectivity index (χ4v) is 2.26. The molecule has 2 aromatic rings. The Labute approximate surface area is 99.3 Å². The number of hydrogen-bond acceptors (Lipinski definition) is 1. The van der Waals surface area contributed by atoms with Crippen molar-refractivity contribution in [1.29, 1.82) is 0 Å². The van der Waals surface area contributed by atoms with Gasteiger partial charge in [-0.3, -0.25) is 0 Å². The Hall–Kier alpha value is -1.45. The fraction of sp³-hybridized carbons (Fsp3) is 0.462. The van der Waals surface area contributed by atoms with Crippen molar-refractivity contribution in [3.63, 3.8) is 0 Å². The summed E-state index contributed by atoms with van der Waals surface area (Å²) in [5.41, 5.74) is 1.83. The van der Waals surface area contributed by atoms with Gasteiger partial charge in [0.05, 0.1) is 11.7 Å². The van der Waals surface area contributed by atoms with Gasteiger partial charge in [-0.25, -0.2) is 13.3 Å². The quantitative estimate of drug-likeness (QED) is 0.781. The Bertz CT molecular complexity index is 501. The molecular formula is C13H16F2N2. The topological polar surface area (TPSA) is 17.3 Å². The average Bonchev–Trinajstić information content (AvgIpc) is 2.74. The molecule has 0 N–H and O–H groups in total. The van der Waals surface area contributed by atoms with Gasteiger partial charge in [0.2, 0.25) is 0 Å². The van der Waals surface area contributed by atoms with Crippen LogP contribution in [0.1, 0.15) is 50.3 Å². The van der Waals surface area contributed by atoms with E-state index in [0.29, 0.717) is 5.92 Å². The van der Waals surface area contributed by atoms with Crippen LogP contribution in [0.3, 0.4) is 0 Å². The lowest BCUT2D eigenvalue weighted by Gasteiger charge is -2.11. The van der Waals surface area contributed by atoms with Gasteiger partial charge in [0.15, 0.2) is 0 Å². The molecule has 0 amide bonds. The number of rotatable bonds is 4. The van der Waals surface area contributed by atoms with Crippen LogP contribution < -0.4 is 0 Å². The number of pyridine rings is 1. The van der Waals surface area contributed by atoms with E-state index in [4.69, 9.17) is 0 Å². The Morgan fingerprint density at radius 1 is 1.24 bits per heavy atom. The smallest absolute Gasteiger partial charge is 0.232 e. The summed E-state index contributed by atoms with van der Waals surface area (Å²) >= 11 is 0. The normalized spacial score (nSPS) is 11.9. The van der Waals surface area contributed by atoms with Crippen LogP contribution in [-0.2, 0) is 0 Å². The lowest BCUT2D eigenvalue weighted by atomic mass is 9.95. The van der Waals surface area contributed by atoms with Crippen LogP contribution in [0.5, 0.6) is 0 Å². The largest absolute Gasteiger partial charge is 0.280 e. The minimum Gasteiger partial charge on any atom is -0.232 e. The number of fused-ring (bicyclic) bond motifs is 1. The van der Waals surface area contributed by atoms with Crippen LogP contribution in [-0.4, -0.2) is 9.61 Å². The van der Waals surface area contributed by atoms with E-state index < -0.39 is 6.43 Å². The summed E-state index contributed by atoms with van der Waals surface area (Å²) in [5.74, 6) is 0.389. The standard InChI is InChI=1S/C13H16F2N2/c1-3-9(4-2)10-8-16-17-11(10)6-5-7-12(17)13(14)15/h5-9,13H,3-4H2,1-2H3. The molecule has 2 heterocycles. The van der Waals surface area contributed by atoms with E-state index in [2.05, 4.69) is 18.9 Å². The van der Waals surface area contributed by atoms with Crippen LogP contribution in [0.4, 0.5) is 8.78 Å². The first-order chi connectivity index (χ1) is 8.19. The number of halogens is 2. The molecule has 0 aliphatic heterocycles. The van der Waals surface area contributed by atoms with Crippen molar-refractivity contribution in [1.82, 2.24) is 9.61 Å². The van der Waals surface area contributed by atoms with Gasteiger partial charge >= 0.3 is 0 Å². The Kier molecular flexibility index (Phi) is 3.41. The second kappa shape index (κ2) is 4.82. The minimum atomic E-state index is -2.49. The van der Waals surface area contributed by atoms with E-state index in [9.17, 15) is 8.78 Å². The zero-order valence-electron chi connectivity index (χ0n) is 10.0. The Morgan fingerprint density at radius 3 is 2.53 bits per heavy atom. The molecule has 0 atom stereocenters. The maximum Gasteiger partial charge on any atom is 0.280 e. The second-order valence-corrected chi connectivity index (χ2v) is 4.16. The molecule has 4 heteroatoms. The highest BCUT2D eigenvalue weighted by molar-refractivity contribution is 5.56. The predicted molar refractivity (Wildman–Crippen MR) is 63.5 cm³/mol. The zero-order valence-corrected chi connectivity index (χ0v) is 10.0. The van der Waals surface area contributed by atoms with Gasteiger partial charge in [0, 0.05) is 5.56 Å². The van der Waals surface area contributed by atoms with Gasteiger partial charge in [0.25, 0.3) is 6.43 Å². The highest BCUT2D eigenvalue weighted by Gasteiger charge is 2.17. The monoisotopic (exact) mass is 238 g/mol. The average molecular weight is 238 g/mol. The van der Waals surface area contributed by atoms with Gasteiger partial charge in [-0.15, -0.1) is 0 Å². The molecule has 0 aliphatic carbocycles. The first kappa shape index (κ1) is 12.0. The molecule has 2 nitrogen and oxygen atoms in total. The van der Waals surface area contributed by atoms with Gasteiger partial charge < -0.3 is 0 Å². The SMILES string of the molecule is CCC(CC)c1cnn2c(C(F)F)cccc12. The zero-order chi connectivity index (χ0) is 12.4. The molecule has 2 aromatic heterocycles. The molecule has 0 spiro atoms. The van der Waals surface area contributed by atoms with E-state index in [0.717, 1.165) is 23.9 Å². The molecule has 17 heavy (non-hydrogen) atoms. The van der Waals surface area contributed by atoms with E-state index in [1.165, 1.54) is 10.6 Å². The molecule has 2 rings (SSSR count). The predicted octanol–water partition coefficient (Wildman–Crippen LogP) is 4.18. The highest BCUT2D eigenvalue weighted by Crippen LogP contribution is 2.29. The Balaban J connectivity index is 2.58. The van der Waals surface area contributed by atoms with Crippen molar-refractivity contribution in [2.75, 3.05) is 0 Å². The minimum absolute atomic E-state index is 0.0419. The number of aromatic nitrogens is 2. The maximum absolute atomic E-state index is 12.8. The lowest BCUT2D eigenvalue weighted by molar-refractivity contribution is 0.143. The Morgan fingerprint density at radius 2 is 1.94 bits per heavy atom. The van der Waals surface area contributed by atoms with E-state index in [1.54, 1.807) is 12.3 Å². The van der Waals surface area contributed by atoms with Crippen LogP contribution in [0.25, 0.3) is 5.52 Å². The van der Waals surface area contributed by atoms with Crippen LogP contribution in [0.2, 0.25) is 0 Å². The van der Waals surface area contributed by atoms with E-state index in [-0.39, 0.29) is 5.69 Å². The molecule has 0 saturated carbocycles. The van der Waals surface area contributed by atoms with Crippen molar-refractivity contribution in [2.45, 2.75) is 39.0 Å². The summed E-state index contributed by atoms with van der Waals surface area (Å²) in [4.78, 5) is 0. The maximum atomic E-state index is 12.8. The lowest BCUT2D eigenvalue weighted by Crippen LogP contribution is -1.99. The molecule has 0 aromatic carbocycles. The first-order valence-corrected chi connectivity index (χ1v) is 5.93. The molecule has 0 radical (unpaired) electrons. The van der Waals surface area contributed by atoms with Crippen molar-refractivity contribution in [3.05, 3.63) is 35.7 Å². The highest BCUT2D eigenvalue weighted by atomic mass is 19.3. The second-order valence-electron chi connectivity index (χ2n) is 4.16.